The molecule has 0 fully saturated rings. The van der Waals surface area contributed by atoms with Gasteiger partial charge in [-0.1, -0.05) is 123 Å². The van der Waals surface area contributed by atoms with Gasteiger partial charge in [0.1, 0.15) is 5.65 Å². The molecule has 206 valence electrons. The van der Waals surface area contributed by atoms with Crippen LogP contribution in [0.2, 0.25) is 0 Å². The number of hydrogen-bond donors (Lipinski definition) is 0. The van der Waals surface area contributed by atoms with E-state index in [1.54, 1.807) is 0 Å². The maximum absolute atomic E-state index is 5.21. The number of rotatable bonds is 1. The normalized spacial score (nSPS) is 13.9. The number of pyridine rings is 1. The molecule has 10 rings (SSSR count). The fourth-order valence-corrected chi connectivity index (χ4v) is 8.28. The largest absolute Gasteiger partial charge is 0.292 e. The molecular formula is C42H28N2. The summed E-state index contributed by atoms with van der Waals surface area (Å²) < 4.78 is 2.34. The molecule has 2 heteroatoms. The zero-order valence-electron chi connectivity index (χ0n) is 24.6. The lowest BCUT2D eigenvalue weighted by atomic mass is 9.66. The summed E-state index contributed by atoms with van der Waals surface area (Å²) in [6.07, 6.45) is 0. The number of benzene rings is 7. The van der Waals surface area contributed by atoms with Crippen LogP contribution in [-0.2, 0) is 5.41 Å². The van der Waals surface area contributed by atoms with Crippen molar-refractivity contribution < 1.29 is 0 Å². The summed E-state index contributed by atoms with van der Waals surface area (Å²) in [5.74, 6) is 0. The van der Waals surface area contributed by atoms with Gasteiger partial charge in [-0.2, -0.15) is 0 Å². The number of hydrogen-bond acceptors (Lipinski definition) is 1. The first-order valence-electron chi connectivity index (χ1n) is 15.4. The molecule has 0 saturated heterocycles. The van der Waals surface area contributed by atoms with Crippen LogP contribution in [0.15, 0.2) is 133 Å². The van der Waals surface area contributed by atoms with Crippen LogP contribution in [0, 0.1) is 0 Å². The molecule has 7 aromatic carbocycles. The summed E-state index contributed by atoms with van der Waals surface area (Å²) in [5.41, 5.74) is 12.2. The van der Waals surface area contributed by atoms with Gasteiger partial charge in [0.15, 0.2) is 0 Å². The molecule has 1 aliphatic rings. The molecule has 44 heavy (non-hydrogen) atoms. The molecule has 0 spiro atoms. The van der Waals surface area contributed by atoms with Crippen LogP contribution in [0.4, 0.5) is 0 Å². The van der Waals surface area contributed by atoms with Crippen molar-refractivity contribution in [2.75, 3.05) is 0 Å². The number of fused-ring (bicyclic) bond motifs is 12. The zero-order valence-corrected chi connectivity index (χ0v) is 24.6. The van der Waals surface area contributed by atoms with Gasteiger partial charge in [-0.05, 0) is 84.6 Å². The Morgan fingerprint density at radius 3 is 2.09 bits per heavy atom. The van der Waals surface area contributed by atoms with Gasteiger partial charge in [-0.25, -0.2) is 4.98 Å². The molecule has 2 aromatic heterocycles. The fraction of sp³-hybridized carbons (Fsp3) is 0.0714. The van der Waals surface area contributed by atoms with Crippen molar-refractivity contribution >= 4 is 59.9 Å². The molecule has 9 aromatic rings. The Morgan fingerprint density at radius 1 is 0.523 bits per heavy atom. The van der Waals surface area contributed by atoms with Crippen LogP contribution < -0.4 is 0 Å². The van der Waals surface area contributed by atoms with E-state index in [0.29, 0.717) is 0 Å². The molecule has 0 unspecified atom stereocenters. The Hall–Kier alpha value is -5.47. The van der Waals surface area contributed by atoms with Crippen molar-refractivity contribution in [2.45, 2.75) is 19.3 Å². The van der Waals surface area contributed by atoms with Gasteiger partial charge in [0.25, 0.3) is 0 Å². The summed E-state index contributed by atoms with van der Waals surface area (Å²) in [6.45, 7) is 4.78. The van der Waals surface area contributed by atoms with Crippen molar-refractivity contribution in [3.63, 3.8) is 0 Å². The Morgan fingerprint density at radius 2 is 1.20 bits per heavy atom. The van der Waals surface area contributed by atoms with E-state index in [9.17, 15) is 0 Å². The molecule has 0 radical (unpaired) electrons. The molecule has 0 atom stereocenters. The van der Waals surface area contributed by atoms with E-state index in [-0.39, 0.29) is 5.41 Å². The second kappa shape index (κ2) is 8.33. The first kappa shape index (κ1) is 24.0. The van der Waals surface area contributed by atoms with E-state index in [1.165, 1.54) is 76.6 Å². The van der Waals surface area contributed by atoms with Gasteiger partial charge < -0.3 is 0 Å². The Labute approximate surface area is 254 Å². The lowest BCUT2D eigenvalue weighted by Crippen LogP contribution is -2.24. The number of imidazole rings is 1. The van der Waals surface area contributed by atoms with E-state index in [4.69, 9.17) is 4.98 Å². The SMILES string of the molecule is CC1(C)c2ccccc2-c2cccc3c(-c4ccc5c6ccccc6n6c7ccccc7nc6c5c4)c4ccccc4c1c23. The molecule has 0 bridgehead atoms. The molecule has 2 nitrogen and oxygen atoms in total. The Bertz CT molecular complexity index is 2690. The van der Waals surface area contributed by atoms with Gasteiger partial charge in [-0.15, -0.1) is 0 Å². The predicted octanol–water partition coefficient (Wildman–Crippen LogP) is 11.1. The van der Waals surface area contributed by atoms with Crippen molar-refractivity contribution in [3.05, 3.63) is 145 Å². The third kappa shape index (κ3) is 2.93. The van der Waals surface area contributed by atoms with Crippen molar-refractivity contribution in [1.29, 1.82) is 0 Å². The summed E-state index contributed by atoms with van der Waals surface area (Å²) in [5, 5.41) is 8.96. The zero-order chi connectivity index (χ0) is 29.2. The lowest BCUT2D eigenvalue weighted by molar-refractivity contribution is 0.651. The third-order valence-corrected chi connectivity index (χ3v) is 10.1. The second-order valence-corrected chi connectivity index (χ2v) is 12.7. The smallest absolute Gasteiger partial charge is 0.146 e. The maximum atomic E-state index is 5.21. The van der Waals surface area contributed by atoms with Crippen molar-refractivity contribution in [3.8, 4) is 22.3 Å². The average Bonchev–Trinajstić information content (AvgIpc) is 3.46. The minimum atomic E-state index is -0.133. The monoisotopic (exact) mass is 560 g/mol. The number of para-hydroxylation sites is 3. The van der Waals surface area contributed by atoms with Gasteiger partial charge in [-0.3, -0.25) is 4.40 Å². The van der Waals surface area contributed by atoms with Crippen LogP contribution in [0.25, 0.3) is 82.2 Å². The van der Waals surface area contributed by atoms with Crippen LogP contribution in [0.5, 0.6) is 0 Å². The highest BCUT2D eigenvalue weighted by Gasteiger charge is 2.35. The van der Waals surface area contributed by atoms with Crippen LogP contribution in [0.3, 0.4) is 0 Å². The molecule has 1 aliphatic carbocycles. The molecule has 2 heterocycles. The Balaban J connectivity index is 1.39. The average molecular weight is 561 g/mol. The minimum Gasteiger partial charge on any atom is -0.292 e. The predicted molar refractivity (Wildman–Crippen MR) is 186 cm³/mol. The molecule has 0 N–H and O–H groups in total. The highest BCUT2D eigenvalue weighted by Crippen LogP contribution is 2.53. The summed E-state index contributed by atoms with van der Waals surface area (Å²) in [7, 11) is 0. The molecule has 0 aliphatic heterocycles. The van der Waals surface area contributed by atoms with Crippen molar-refractivity contribution in [1.82, 2.24) is 9.38 Å². The summed E-state index contributed by atoms with van der Waals surface area (Å²) in [4.78, 5) is 5.21. The first-order chi connectivity index (χ1) is 21.6. The van der Waals surface area contributed by atoms with Gasteiger partial charge in [0, 0.05) is 16.2 Å². The van der Waals surface area contributed by atoms with E-state index < -0.39 is 0 Å². The van der Waals surface area contributed by atoms with E-state index in [1.807, 2.05) is 0 Å². The molecule has 0 saturated carbocycles. The standard InChI is InChI=1S/C42H28N2/c1-42(2)34-18-7-5-12-27(34)29-16-11-17-32-38(30-14-3-4-15-31(30)40(42)39(29)32)25-22-23-26-28-13-6-9-20-36(28)44-37-21-10-8-19-35(37)43-41(44)33(26)24-25/h3-24H,1-2H3. The van der Waals surface area contributed by atoms with E-state index >= 15 is 0 Å². The first-order valence-corrected chi connectivity index (χ1v) is 15.4. The van der Waals surface area contributed by atoms with Crippen LogP contribution in [0.1, 0.15) is 25.0 Å². The van der Waals surface area contributed by atoms with E-state index in [2.05, 4.69) is 152 Å². The van der Waals surface area contributed by atoms with Gasteiger partial charge in [0.05, 0.1) is 16.6 Å². The van der Waals surface area contributed by atoms with Crippen LogP contribution in [-0.4, -0.2) is 9.38 Å². The van der Waals surface area contributed by atoms with Crippen LogP contribution >= 0.6 is 0 Å². The third-order valence-electron chi connectivity index (χ3n) is 10.1. The maximum Gasteiger partial charge on any atom is 0.146 e. The lowest BCUT2D eigenvalue weighted by Gasteiger charge is -2.37. The Kier molecular flexibility index (Phi) is 4.55. The van der Waals surface area contributed by atoms with Crippen molar-refractivity contribution in [2.24, 2.45) is 0 Å². The summed E-state index contributed by atoms with van der Waals surface area (Å²) >= 11 is 0. The molecular weight excluding hydrogens is 532 g/mol. The topological polar surface area (TPSA) is 17.3 Å². The fourth-order valence-electron chi connectivity index (χ4n) is 8.28. The van der Waals surface area contributed by atoms with Gasteiger partial charge >= 0.3 is 0 Å². The number of aromatic nitrogens is 2. The number of nitrogens with zero attached hydrogens (tertiary/aromatic N) is 2. The highest BCUT2D eigenvalue weighted by atomic mass is 15.0. The minimum absolute atomic E-state index is 0.133. The highest BCUT2D eigenvalue weighted by molar-refractivity contribution is 6.22. The van der Waals surface area contributed by atoms with E-state index in [0.717, 1.165) is 16.7 Å². The summed E-state index contributed by atoms with van der Waals surface area (Å²) in [6, 6.07) is 49.1. The van der Waals surface area contributed by atoms with Gasteiger partial charge in [0.2, 0.25) is 0 Å². The molecule has 0 amide bonds. The quantitative estimate of drug-likeness (QED) is 0.144. The second-order valence-electron chi connectivity index (χ2n) is 12.7.